The molecule has 122 valence electrons. The standard InChI is InChI=1S/C14H22ClN5S2/c1-20(2)10-9-17-14(22)19-18-13(21)16-8-7-11-3-5-12(15)6-4-11/h3-6H,7-10H2,1-2H3,(H2,16,18,21)(H2,17,19,22)/p+1. The van der Waals surface area contributed by atoms with Gasteiger partial charge in [-0.05, 0) is 48.6 Å². The van der Waals surface area contributed by atoms with Gasteiger partial charge in [0, 0.05) is 11.6 Å². The van der Waals surface area contributed by atoms with Crippen LogP contribution in [-0.4, -0.2) is 44.0 Å². The lowest BCUT2D eigenvalue weighted by Gasteiger charge is -2.14. The van der Waals surface area contributed by atoms with E-state index in [0.29, 0.717) is 10.2 Å². The minimum atomic E-state index is 0.511. The highest BCUT2D eigenvalue weighted by molar-refractivity contribution is 7.80. The van der Waals surface area contributed by atoms with E-state index in [-0.39, 0.29) is 0 Å². The van der Waals surface area contributed by atoms with Crippen molar-refractivity contribution in [2.24, 2.45) is 0 Å². The number of quaternary nitrogens is 1. The molecule has 0 unspecified atom stereocenters. The minimum absolute atomic E-state index is 0.511. The summed E-state index contributed by atoms with van der Waals surface area (Å²) in [4.78, 5) is 1.36. The van der Waals surface area contributed by atoms with Crippen molar-refractivity contribution in [2.75, 3.05) is 33.7 Å². The number of thiocarbonyl (C=S) groups is 2. The van der Waals surface area contributed by atoms with E-state index < -0.39 is 0 Å². The Morgan fingerprint density at radius 2 is 1.55 bits per heavy atom. The predicted molar refractivity (Wildman–Crippen MR) is 100 cm³/mol. The van der Waals surface area contributed by atoms with Gasteiger partial charge in [0.1, 0.15) is 0 Å². The molecule has 5 N–H and O–H groups in total. The second kappa shape index (κ2) is 10.6. The summed E-state index contributed by atoms with van der Waals surface area (Å²) in [5.41, 5.74) is 6.91. The van der Waals surface area contributed by atoms with E-state index in [1.54, 1.807) is 0 Å². The van der Waals surface area contributed by atoms with Crippen molar-refractivity contribution in [3.63, 3.8) is 0 Å². The maximum absolute atomic E-state index is 5.85. The third-order valence-corrected chi connectivity index (χ3v) is 3.56. The van der Waals surface area contributed by atoms with Gasteiger partial charge in [-0.3, -0.25) is 10.9 Å². The Bertz CT molecular complexity index is 479. The molecular formula is C14H23ClN5S2+. The highest BCUT2D eigenvalue weighted by Crippen LogP contribution is 2.09. The second-order valence-corrected chi connectivity index (χ2v) is 6.35. The van der Waals surface area contributed by atoms with Crippen LogP contribution in [0.1, 0.15) is 5.56 Å². The fraction of sp³-hybridized carbons (Fsp3) is 0.429. The molecule has 0 atom stereocenters. The van der Waals surface area contributed by atoms with Crippen LogP contribution in [0.5, 0.6) is 0 Å². The Kier molecular flexibility index (Phi) is 9.07. The number of halogens is 1. The molecule has 1 aromatic carbocycles. The average molecular weight is 361 g/mol. The largest absolute Gasteiger partial charge is 0.361 e. The zero-order chi connectivity index (χ0) is 16.4. The van der Waals surface area contributed by atoms with Gasteiger partial charge in [-0.15, -0.1) is 0 Å². The highest BCUT2D eigenvalue weighted by atomic mass is 35.5. The van der Waals surface area contributed by atoms with E-state index in [9.17, 15) is 0 Å². The summed E-state index contributed by atoms with van der Waals surface area (Å²) in [7, 11) is 4.19. The minimum Gasteiger partial charge on any atom is -0.361 e. The van der Waals surface area contributed by atoms with Gasteiger partial charge >= 0.3 is 0 Å². The maximum atomic E-state index is 5.85. The molecule has 0 saturated heterocycles. The molecule has 0 bridgehead atoms. The lowest BCUT2D eigenvalue weighted by atomic mass is 10.1. The van der Waals surface area contributed by atoms with Gasteiger partial charge in [-0.25, -0.2) is 0 Å². The Labute approximate surface area is 147 Å². The lowest BCUT2D eigenvalue weighted by molar-refractivity contribution is -0.856. The second-order valence-electron chi connectivity index (χ2n) is 5.10. The number of benzene rings is 1. The van der Waals surface area contributed by atoms with Crippen LogP contribution in [0.25, 0.3) is 0 Å². The van der Waals surface area contributed by atoms with Gasteiger partial charge in [0.2, 0.25) is 0 Å². The number of nitrogens with one attached hydrogen (secondary N) is 5. The summed E-state index contributed by atoms with van der Waals surface area (Å²) < 4.78 is 0. The summed E-state index contributed by atoms with van der Waals surface area (Å²) >= 11 is 16.1. The molecule has 5 nitrogen and oxygen atoms in total. The monoisotopic (exact) mass is 360 g/mol. The molecule has 8 heteroatoms. The quantitative estimate of drug-likeness (QED) is 0.360. The normalized spacial score (nSPS) is 10.2. The van der Waals surface area contributed by atoms with Crippen molar-refractivity contribution >= 4 is 46.3 Å². The zero-order valence-electron chi connectivity index (χ0n) is 12.8. The van der Waals surface area contributed by atoms with Crippen LogP contribution < -0.4 is 26.4 Å². The molecule has 1 rings (SSSR count). The van der Waals surface area contributed by atoms with Crippen molar-refractivity contribution in [3.8, 4) is 0 Å². The smallest absolute Gasteiger partial charge is 0.185 e. The van der Waals surface area contributed by atoms with Gasteiger partial charge in [0.05, 0.1) is 27.2 Å². The van der Waals surface area contributed by atoms with Gasteiger partial charge in [0.25, 0.3) is 0 Å². The predicted octanol–water partition coefficient (Wildman–Crippen LogP) is -0.130. The summed E-state index contributed by atoms with van der Waals surface area (Å²) in [6.07, 6.45) is 0.868. The topological polar surface area (TPSA) is 52.6 Å². The molecule has 0 aromatic heterocycles. The van der Waals surface area contributed by atoms with E-state index in [1.165, 1.54) is 10.5 Å². The van der Waals surface area contributed by atoms with Crippen molar-refractivity contribution in [1.82, 2.24) is 21.5 Å². The first-order chi connectivity index (χ1) is 10.5. The summed E-state index contributed by atoms with van der Waals surface area (Å²) in [5.74, 6) is 0. The third kappa shape index (κ3) is 8.99. The number of likely N-dealkylation sites (N-methyl/N-ethyl adjacent to an activating group) is 1. The third-order valence-electron chi connectivity index (χ3n) is 2.81. The molecule has 0 heterocycles. The Hall–Kier alpha value is -1.15. The van der Waals surface area contributed by atoms with Crippen LogP contribution in [-0.2, 0) is 6.42 Å². The van der Waals surface area contributed by atoms with Crippen LogP contribution in [0.15, 0.2) is 24.3 Å². The van der Waals surface area contributed by atoms with Crippen LogP contribution in [0, 0.1) is 0 Å². The summed E-state index contributed by atoms with van der Waals surface area (Å²) in [5, 5.41) is 7.99. The van der Waals surface area contributed by atoms with Crippen LogP contribution in [0.3, 0.4) is 0 Å². The van der Waals surface area contributed by atoms with Crippen LogP contribution >= 0.6 is 36.0 Å². The van der Waals surface area contributed by atoms with Gasteiger partial charge in [-0.2, -0.15) is 0 Å². The van der Waals surface area contributed by atoms with E-state index in [4.69, 9.17) is 36.0 Å². The molecule has 0 aliphatic heterocycles. The summed E-state index contributed by atoms with van der Waals surface area (Å²) in [6, 6.07) is 7.78. The molecule has 0 spiro atoms. The SMILES string of the molecule is C[NH+](C)CCNC(=S)NNC(=S)NCCc1ccc(Cl)cc1. The number of hydrogen-bond acceptors (Lipinski definition) is 2. The maximum Gasteiger partial charge on any atom is 0.185 e. The highest BCUT2D eigenvalue weighted by Gasteiger charge is 1.99. The molecule has 0 saturated carbocycles. The molecule has 0 aliphatic rings. The van der Waals surface area contributed by atoms with E-state index in [1.807, 2.05) is 24.3 Å². The van der Waals surface area contributed by atoms with Gasteiger partial charge < -0.3 is 15.5 Å². The van der Waals surface area contributed by atoms with Crippen LogP contribution in [0.2, 0.25) is 5.02 Å². The Morgan fingerprint density at radius 1 is 1.00 bits per heavy atom. The summed E-state index contributed by atoms with van der Waals surface area (Å²) in [6.45, 7) is 2.54. The fourth-order valence-corrected chi connectivity index (χ4v) is 2.03. The van der Waals surface area contributed by atoms with Gasteiger partial charge in [0.15, 0.2) is 10.2 Å². The Balaban J connectivity index is 2.10. The van der Waals surface area contributed by atoms with Crippen LogP contribution in [0.4, 0.5) is 0 Å². The molecule has 0 aliphatic carbocycles. The lowest BCUT2D eigenvalue weighted by Crippen LogP contribution is -3.06. The van der Waals surface area contributed by atoms with Crippen molar-refractivity contribution in [3.05, 3.63) is 34.9 Å². The van der Waals surface area contributed by atoms with Crippen molar-refractivity contribution in [1.29, 1.82) is 0 Å². The van der Waals surface area contributed by atoms with E-state index in [2.05, 4.69) is 35.6 Å². The fourth-order valence-electron chi connectivity index (χ4n) is 1.60. The Morgan fingerprint density at radius 3 is 2.09 bits per heavy atom. The van der Waals surface area contributed by atoms with Crippen molar-refractivity contribution < 1.29 is 4.90 Å². The molecule has 0 amide bonds. The van der Waals surface area contributed by atoms with Gasteiger partial charge in [-0.1, -0.05) is 23.7 Å². The van der Waals surface area contributed by atoms with E-state index >= 15 is 0 Å². The first-order valence-corrected chi connectivity index (χ1v) is 8.28. The number of hydrogen-bond donors (Lipinski definition) is 5. The number of rotatable bonds is 6. The molecule has 1 aromatic rings. The molecule has 0 radical (unpaired) electrons. The number of hydrazine groups is 1. The van der Waals surface area contributed by atoms with E-state index in [0.717, 1.165) is 31.1 Å². The molecule has 22 heavy (non-hydrogen) atoms. The molecular weight excluding hydrogens is 338 g/mol. The molecule has 0 fully saturated rings. The van der Waals surface area contributed by atoms with Crippen molar-refractivity contribution in [2.45, 2.75) is 6.42 Å². The first-order valence-electron chi connectivity index (χ1n) is 7.08. The first kappa shape index (κ1) is 18.9. The zero-order valence-corrected chi connectivity index (χ0v) is 15.2. The average Bonchev–Trinajstić information content (AvgIpc) is 2.47.